The molecule has 1 fully saturated rings. The number of nitrogens with zero attached hydrogens (tertiary/aromatic N) is 2. The average molecular weight is 571 g/mol. The number of aliphatic hydroxyl groups excluding tert-OH is 1. The molecule has 2 aliphatic heterocycles. The summed E-state index contributed by atoms with van der Waals surface area (Å²) in [7, 11) is -2.44. The molecule has 12 heteroatoms. The topological polar surface area (TPSA) is 136 Å². The quantitative estimate of drug-likeness (QED) is 0.344. The predicted molar refractivity (Wildman–Crippen MR) is 144 cm³/mol. The summed E-state index contributed by atoms with van der Waals surface area (Å²) < 4.78 is 50.0. The molecule has 3 aromatic rings. The molecule has 1 amide bonds. The van der Waals surface area contributed by atoms with Gasteiger partial charge in [0.1, 0.15) is 11.3 Å². The van der Waals surface area contributed by atoms with Crippen LogP contribution in [0.15, 0.2) is 80.7 Å². The Labute approximate surface area is 231 Å². The van der Waals surface area contributed by atoms with Crippen LogP contribution in [0, 0.1) is 0 Å². The second-order valence-electron chi connectivity index (χ2n) is 9.40. The summed E-state index contributed by atoms with van der Waals surface area (Å²) >= 11 is 0. The van der Waals surface area contributed by atoms with Crippen molar-refractivity contribution in [1.29, 1.82) is 0 Å². The SMILES string of the molecule is COc1ccc(S(=O)(=O)N(CCO)CCO[C@H]2C[C@@H](c3coc4ccccc4c3=O)C=C(C(=O)N3CC3)O2)cc1. The maximum atomic E-state index is 13.2. The van der Waals surface area contributed by atoms with Crippen molar-refractivity contribution < 1.29 is 36.9 Å². The number of allylic oxidation sites excluding steroid dienone is 1. The van der Waals surface area contributed by atoms with Gasteiger partial charge < -0.3 is 28.6 Å². The monoisotopic (exact) mass is 570 g/mol. The highest BCUT2D eigenvalue weighted by atomic mass is 32.2. The number of hydrogen-bond donors (Lipinski definition) is 1. The van der Waals surface area contributed by atoms with Crippen LogP contribution in [0.3, 0.4) is 0 Å². The van der Waals surface area contributed by atoms with Crippen molar-refractivity contribution in [2.24, 2.45) is 0 Å². The zero-order chi connectivity index (χ0) is 28.3. The summed E-state index contributed by atoms with van der Waals surface area (Å²) in [5.41, 5.74) is 0.625. The summed E-state index contributed by atoms with van der Waals surface area (Å²) in [5.74, 6) is -0.228. The molecule has 0 spiro atoms. The highest BCUT2D eigenvalue weighted by Gasteiger charge is 2.35. The third kappa shape index (κ3) is 5.89. The maximum Gasteiger partial charge on any atom is 0.288 e. The van der Waals surface area contributed by atoms with Crippen molar-refractivity contribution in [3.63, 3.8) is 0 Å². The number of para-hydroxylation sites is 1. The van der Waals surface area contributed by atoms with Gasteiger partial charge in [-0.05, 0) is 42.5 Å². The van der Waals surface area contributed by atoms with Crippen LogP contribution >= 0.6 is 0 Å². The van der Waals surface area contributed by atoms with Gasteiger partial charge in [0.2, 0.25) is 16.3 Å². The molecule has 1 saturated heterocycles. The smallest absolute Gasteiger partial charge is 0.288 e. The fourth-order valence-electron chi connectivity index (χ4n) is 4.53. The molecule has 0 aliphatic carbocycles. The summed E-state index contributed by atoms with van der Waals surface area (Å²) in [6.07, 6.45) is 2.32. The molecule has 1 N–H and O–H groups in total. The van der Waals surface area contributed by atoms with E-state index in [1.807, 2.05) is 0 Å². The summed E-state index contributed by atoms with van der Waals surface area (Å²) in [6, 6.07) is 12.9. The molecule has 0 bridgehead atoms. The normalized spacial score (nSPS) is 18.9. The standard InChI is InChI=1S/C28H30N2O9S/c1-36-20-6-8-21(9-7-20)40(34,35)30(12-14-31)13-15-37-26-17-19(16-25(39-26)28(33)29-10-11-29)23-18-38-24-5-3-2-4-22(24)27(23)32/h2-9,16,18-19,26,31H,10-15,17H2,1H3/t19-,26+/m0/s1. The first kappa shape index (κ1) is 27.8. The Morgan fingerprint density at radius 3 is 2.58 bits per heavy atom. The number of methoxy groups -OCH3 is 1. The average Bonchev–Trinajstić information content (AvgIpc) is 3.82. The number of hydrogen-bond acceptors (Lipinski definition) is 9. The molecule has 40 heavy (non-hydrogen) atoms. The Hall–Kier alpha value is -3.71. The number of benzene rings is 2. The van der Waals surface area contributed by atoms with Gasteiger partial charge in [-0.3, -0.25) is 9.59 Å². The van der Waals surface area contributed by atoms with Gasteiger partial charge in [0.15, 0.2) is 11.2 Å². The van der Waals surface area contributed by atoms with Gasteiger partial charge in [-0.2, -0.15) is 4.31 Å². The van der Waals surface area contributed by atoms with Gasteiger partial charge in [0.05, 0.1) is 36.9 Å². The fourth-order valence-corrected chi connectivity index (χ4v) is 5.95. The molecule has 5 rings (SSSR count). The highest BCUT2D eigenvalue weighted by Crippen LogP contribution is 2.32. The lowest BCUT2D eigenvalue weighted by atomic mass is 9.93. The predicted octanol–water partition coefficient (Wildman–Crippen LogP) is 2.06. The lowest BCUT2D eigenvalue weighted by molar-refractivity contribution is -0.149. The molecule has 0 radical (unpaired) electrons. The number of sulfonamides is 1. The first-order valence-electron chi connectivity index (χ1n) is 12.9. The van der Waals surface area contributed by atoms with E-state index in [1.165, 1.54) is 25.5 Å². The Bertz CT molecular complexity index is 1560. The van der Waals surface area contributed by atoms with E-state index in [-0.39, 0.29) is 54.7 Å². The largest absolute Gasteiger partial charge is 0.497 e. The summed E-state index contributed by atoms with van der Waals surface area (Å²) in [6.45, 7) is 0.566. The molecule has 2 atom stereocenters. The maximum absolute atomic E-state index is 13.2. The Kier molecular flexibility index (Phi) is 8.22. The molecule has 212 valence electrons. The lowest BCUT2D eigenvalue weighted by Gasteiger charge is -2.30. The first-order chi connectivity index (χ1) is 19.3. The number of rotatable bonds is 11. The van der Waals surface area contributed by atoms with E-state index >= 15 is 0 Å². The van der Waals surface area contributed by atoms with Gasteiger partial charge in [-0.25, -0.2) is 8.42 Å². The van der Waals surface area contributed by atoms with E-state index in [1.54, 1.807) is 47.4 Å². The van der Waals surface area contributed by atoms with Crippen LogP contribution in [0.25, 0.3) is 11.0 Å². The molecule has 0 unspecified atom stereocenters. The van der Waals surface area contributed by atoms with Crippen molar-refractivity contribution in [3.8, 4) is 5.75 Å². The first-order valence-corrected chi connectivity index (χ1v) is 14.3. The minimum Gasteiger partial charge on any atom is -0.497 e. The second-order valence-corrected chi connectivity index (χ2v) is 11.3. The van der Waals surface area contributed by atoms with Crippen LogP contribution in [0.5, 0.6) is 5.75 Å². The fraction of sp³-hybridized carbons (Fsp3) is 0.357. The van der Waals surface area contributed by atoms with E-state index in [0.29, 0.717) is 35.4 Å². The zero-order valence-electron chi connectivity index (χ0n) is 21.9. The number of carbonyl (C=O) groups excluding carboxylic acids is 1. The Morgan fingerprint density at radius 2 is 1.88 bits per heavy atom. The number of fused-ring (bicyclic) bond motifs is 1. The van der Waals surface area contributed by atoms with Gasteiger partial charge in [-0.1, -0.05) is 12.1 Å². The molecular weight excluding hydrogens is 540 g/mol. The molecule has 2 aliphatic rings. The van der Waals surface area contributed by atoms with Crippen LogP contribution in [0.4, 0.5) is 0 Å². The van der Waals surface area contributed by atoms with Crippen LogP contribution < -0.4 is 10.2 Å². The Balaban J connectivity index is 1.32. The van der Waals surface area contributed by atoms with Crippen LogP contribution in [-0.4, -0.2) is 81.4 Å². The molecule has 11 nitrogen and oxygen atoms in total. The number of aliphatic hydroxyl groups is 1. The highest BCUT2D eigenvalue weighted by molar-refractivity contribution is 7.89. The van der Waals surface area contributed by atoms with Gasteiger partial charge in [0, 0.05) is 44.1 Å². The van der Waals surface area contributed by atoms with Crippen molar-refractivity contribution in [2.75, 3.05) is 46.5 Å². The zero-order valence-corrected chi connectivity index (χ0v) is 22.7. The van der Waals surface area contributed by atoms with Gasteiger partial charge >= 0.3 is 0 Å². The number of carbonyl (C=O) groups is 1. The van der Waals surface area contributed by atoms with Crippen LogP contribution in [0.1, 0.15) is 17.9 Å². The summed E-state index contributed by atoms with van der Waals surface area (Å²) in [4.78, 5) is 27.7. The third-order valence-corrected chi connectivity index (χ3v) is 8.71. The molecule has 2 aromatic carbocycles. The third-order valence-electron chi connectivity index (χ3n) is 6.80. The van der Waals surface area contributed by atoms with E-state index in [2.05, 4.69) is 0 Å². The number of ether oxygens (including phenoxy) is 3. The van der Waals surface area contributed by atoms with Crippen molar-refractivity contribution in [3.05, 3.63) is 82.4 Å². The minimum atomic E-state index is -3.93. The van der Waals surface area contributed by atoms with Crippen molar-refractivity contribution in [1.82, 2.24) is 9.21 Å². The van der Waals surface area contributed by atoms with E-state index < -0.39 is 22.2 Å². The van der Waals surface area contributed by atoms with Gasteiger partial charge in [0.25, 0.3) is 5.91 Å². The van der Waals surface area contributed by atoms with E-state index in [0.717, 1.165) is 4.31 Å². The summed E-state index contributed by atoms with van der Waals surface area (Å²) in [5, 5.41) is 9.94. The van der Waals surface area contributed by atoms with Crippen molar-refractivity contribution >= 4 is 26.9 Å². The lowest BCUT2D eigenvalue weighted by Crippen LogP contribution is -2.38. The van der Waals surface area contributed by atoms with Crippen molar-refractivity contribution in [2.45, 2.75) is 23.5 Å². The van der Waals surface area contributed by atoms with E-state index in [4.69, 9.17) is 18.6 Å². The van der Waals surface area contributed by atoms with E-state index in [9.17, 15) is 23.1 Å². The molecule has 1 aromatic heterocycles. The molecule has 3 heterocycles. The van der Waals surface area contributed by atoms with Crippen LogP contribution in [0.2, 0.25) is 0 Å². The molecular formula is C28H30N2O9S. The van der Waals surface area contributed by atoms with Crippen LogP contribution in [-0.2, 0) is 24.3 Å². The van der Waals surface area contributed by atoms with Gasteiger partial charge in [-0.15, -0.1) is 0 Å². The minimum absolute atomic E-state index is 0.0491. The second kappa shape index (κ2) is 11.8. The Morgan fingerprint density at radius 1 is 1.12 bits per heavy atom. The number of amides is 1. The molecule has 0 saturated carbocycles.